The Morgan fingerprint density at radius 3 is 3.00 bits per heavy atom. The van der Waals surface area contributed by atoms with E-state index in [-0.39, 0.29) is 0 Å². The summed E-state index contributed by atoms with van der Waals surface area (Å²) >= 11 is 5.76. The van der Waals surface area contributed by atoms with Crippen LogP contribution in [0.3, 0.4) is 0 Å². The molecular formula is C14H20BrNS. The zero-order valence-corrected chi connectivity index (χ0v) is 12.7. The van der Waals surface area contributed by atoms with Gasteiger partial charge in [0, 0.05) is 22.8 Å². The Morgan fingerprint density at radius 2 is 2.29 bits per heavy atom. The Hall–Kier alpha value is 0.01000. The summed E-state index contributed by atoms with van der Waals surface area (Å²) in [6, 6.07) is 6.57. The molecule has 1 nitrogen and oxygen atoms in total. The van der Waals surface area contributed by atoms with E-state index in [0.717, 1.165) is 18.3 Å². The normalized spacial score (nSPS) is 20.5. The standard InChI is InChI=1S/C14H20BrNS/c1-11-5-6-12(14(15)8-11)9-16-10-13-4-2-3-7-17-13/h5-6,8,13,16H,2-4,7,9-10H2,1H3. The molecule has 1 aliphatic rings. The first-order valence-electron chi connectivity index (χ1n) is 6.33. The van der Waals surface area contributed by atoms with Crippen LogP contribution in [0.15, 0.2) is 22.7 Å². The van der Waals surface area contributed by atoms with Crippen LogP contribution in [0, 0.1) is 6.92 Å². The smallest absolute Gasteiger partial charge is 0.0222 e. The lowest BCUT2D eigenvalue weighted by molar-refractivity contribution is 0.597. The van der Waals surface area contributed by atoms with Crippen LogP contribution in [0.5, 0.6) is 0 Å². The van der Waals surface area contributed by atoms with Crippen LogP contribution >= 0.6 is 27.7 Å². The molecule has 94 valence electrons. The Kier molecular flexibility index (Phi) is 5.39. The highest BCUT2D eigenvalue weighted by molar-refractivity contribution is 9.10. The average molecular weight is 314 g/mol. The molecule has 1 aromatic rings. The second-order valence-electron chi connectivity index (χ2n) is 4.71. The van der Waals surface area contributed by atoms with Crippen molar-refractivity contribution in [1.82, 2.24) is 5.32 Å². The van der Waals surface area contributed by atoms with Gasteiger partial charge in [-0.3, -0.25) is 0 Å². The highest BCUT2D eigenvalue weighted by Crippen LogP contribution is 2.24. The summed E-state index contributed by atoms with van der Waals surface area (Å²) in [7, 11) is 0. The molecule has 3 heteroatoms. The van der Waals surface area contributed by atoms with Crippen molar-refractivity contribution >= 4 is 27.7 Å². The summed E-state index contributed by atoms with van der Waals surface area (Å²) in [5.74, 6) is 1.35. The molecule has 1 N–H and O–H groups in total. The van der Waals surface area contributed by atoms with Crippen molar-refractivity contribution in [1.29, 1.82) is 0 Å². The Labute approximate surface area is 117 Å². The molecule has 1 saturated heterocycles. The summed E-state index contributed by atoms with van der Waals surface area (Å²) in [5.41, 5.74) is 2.67. The monoisotopic (exact) mass is 313 g/mol. The van der Waals surface area contributed by atoms with Gasteiger partial charge in [-0.25, -0.2) is 0 Å². The summed E-state index contributed by atoms with van der Waals surface area (Å²) in [6.07, 6.45) is 4.20. The van der Waals surface area contributed by atoms with Crippen LogP contribution in [0.2, 0.25) is 0 Å². The Balaban J connectivity index is 1.77. The molecule has 0 aliphatic carbocycles. The first kappa shape index (κ1) is 13.4. The molecule has 0 aromatic heterocycles. The van der Waals surface area contributed by atoms with E-state index in [1.54, 1.807) is 0 Å². The first-order valence-corrected chi connectivity index (χ1v) is 8.17. The third-order valence-electron chi connectivity index (χ3n) is 3.17. The van der Waals surface area contributed by atoms with Crippen molar-refractivity contribution in [2.75, 3.05) is 12.3 Å². The zero-order chi connectivity index (χ0) is 12.1. The molecule has 17 heavy (non-hydrogen) atoms. The first-order chi connectivity index (χ1) is 8.25. The average Bonchev–Trinajstić information content (AvgIpc) is 2.33. The number of rotatable bonds is 4. The maximum Gasteiger partial charge on any atom is 0.0222 e. The second kappa shape index (κ2) is 6.81. The Morgan fingerprint density at radius 1 is 1.41 bits per heavy atom. The van der Waals surface area contributed by atoms with E-state index in [1.807, 2.05) is 0 Å². The van der Waals surface area contributed by atoms with Crippen LogP contribution in [0.25, 0.3) is 0 Å². The minimum absolute atomic E-state index is 0.827. The van der Waals surface area contributed by atoms with Crippen LogP contribution < -0.4 is 5.32 Å². The molecule has 0 amide bonds. The number of halogens is 1. The lowest BCUT2D eigenvalue weighted by atomic mass is 10.1. The number of aryl methyl sites for hydroxylation is 1. The number of hydrogen-bond donors (Lipinski definition) is 1. The van der Waals surface area contributed by atoms with Gasteiger partial charge in [-0.2, -0.15) is 11.8 Å². The van der Waals surface area contributed by atoms with Gasteiger partial charge in [-0.05, 0) is 42.7 Å². The van der Waals surface area contributed by atoms with E-state index in [4.69, 9.17) is 0 Å². The molecule has 1 atom stereocenters. The molecule has 0 bridgehead atoms. The number of hydrogen-bond acceptors (Lipinski definition) is 2. The summed E-state index contributed by atoms with van der Waals surface area (Å²) in [5, 5.41) is 4.41. The van der Waals surface area contributed by atoms with E-state index in [2.05, 4.69) is 58.1 Å². The number of benzene rings is 1. The third-order valence-corrected chi connectivity index (χ3v) is 5.31. The second-order valence-corrected chi connectivity index (χ2v) is 6.98. The fourth-order valence-corrected chi connectivity index (χ4v) is 4.04. The van der Waals surface area contributed by atoms with E-state index >= 15 is 0 Å². The van der Waals surface area contributed by atoms with Crippen molar-refractivity contribution < 1.29 is 0 Å². The van der Waals surface area contributed by atoms with Crippen molar-refractivity contribution in [3.8, 4) is 0 Å². The fraction of sp³-hybridized carbons (Fsp3) is 0.571. The minimum atomic E-state index is 0.827. The van der Waals surface area contributed by atoms with Crippen LogP contribution in [-0.2, 0) is 6.54 Å². The van der Waals surface area contributed by atoms with Gasteiger partial charge in [0.05, 0.1) is 0 Å². The highest BCUT2D eigenvalue weighted by atomic mass is 79.9. The molecule has 1 unspecified atom stereocenters. The van der Waals surface area contributed by atoms with Gasteiger partial charge in [0.1, 0.15) is 0 Å². The predicted octanol–water partition coefficient (Wildman–Crippen LogP) is 4.13. The van der Waals surface area contributed by atoms with Gasteiger partial charge in [0.25, 0.3) is 0 Å². The summed E-state index contributed by atoms with van der Waals surface area (Å²) < 4.78 is 1.22. The molecule has 0 radical (unpaired) electrons. The molecule has 2 rings (SSSR count). The van der Waals surface area contributed by atoms with Crippen LogP contribution in [0.1, 0.15) is 30.4 Å². The van der Waals surface area contributed by atoms with E-state index in [0.29, 0.717) is 0 Å². The third kappa shape index (κ3) is 4.31. The number of thioether (sulfide) groups is 1. The number of nitrogens with one attached hydrogen (secondary N) is 1. The van der Waals surface area contributed by atoms with Crippen molar-refractivity contribution in [2.45, 2.75) is 38.0 Å². The topological polar surface area (TPSA) is 12.0 Å². The predicted molar refractivity (Wildman–Crippen MR) is 80.7 cm³/mol. The van der Waals surface area contributed by atoms with Gasteiger partial charge in [0.15, 0.2) is 0 Å². The lowest BCUT2D eigenvalue weighted by Gasteiger charge is -2.21. The van der Waals surface area contributed by atoms with E-state index in [9.17, 15) is 0 Å². The largest absolute Gasteiger partial charge is 0.312 e. The van der Waals surface area contributed by atoms with Crippen molar-refractivity contribution in [3.63, 3.8) is 0 Å². The van der Waals surface area contributed by atoms with Crippen LogP contribution in [0.4, 0.5) is 0 Å². The molecule has 0 saturated carbocycles. The van der Waals surface area contributed by atoms with Crippen molar-refractivity contribution in [3.05, 3.63) is 33.8 Å². The maximum atomic E-state index is 3.63. The van der Waals surface area contributed by atoms with Gasteiger partial charge >= 0.3 is 0 Å². The molecule has 1 heterocycles. The Bertz CT molecular complexity index is 361. The molecular weight excluding hydrogens is 294 g/mol. The molecule has 1 aromatic carbocycles. The van der Waals surface area contributed by atoms with Gasteiger partial charge in [0.2, 0.25) is 0 Å². The van der Waals surface area contributed by atoms with E-state index < -0.39 is 0 Å². The quantitative estimate of drug-likeness (QED) is 0.897. The minimum Gasteiger partial charge on any atom is -0.312 e. The SMILES string of the molecule is Cc1ccc(CNCC2CCCCS2)c(Br)c1. The van der Waals surface area contributed by atoms with Gasteiger partial charge in [-0.1, -0.05) is 34.5 Å². The zero-order valence-electron chi connectivity index (χ0n) is 10.3. The summed E-state index contributed by atoms with van der Waals surface area (Å²) in [4.78, 5) is 0. The highest BCUT2D eigenvalue weighted by Gasteiger charge is 2.13. The van der Waals surface area contributed by atoms with Gasteiger partial charge < -0.3 is 5.32 Å². The van der Waals surface area contributed by atoms with Crippen LogP contribution in [-0.4, -0.2) is 17.5 Å². The molecule has 1 fully saturated rings. The lowest BCUT2D eigenvalue weighted by Crippen LogP contribution is -2.26. The molecule has 1 aliphatic heterocycles. The van der Waals surface area contributed by atoms with Gasteiger partial charge in [-0.15, -0.1) is 0 Å². The maximum absolute atomic E-state index is 3.63. The van der Waals surface area contributed by atoms with E-state index in [1.165, 1.54) is 40.6 Å². The fourth-order valence-electron chi connectivity index (χ4n) is 2.13. The van der Waals surface area contributed by atoms with Crippen molar-refractivity contribution in [2.24, 2.45) is 0 Å². The molecule has 0 spiro atoms. The summed E-state index contributed by atoms with van der Waals surface area (Å²) in [6.45, 7) is 4.24.